The quantitative estimate of drug-likeness (QED) is 0.228. The summed E-state index contributed by atoms with van der Waals surface area (Å²) in [6.07, 6.45) is 7.40. The van der Waals surface area contributed by atoms with Gasteiger partial charge < -0.3 is 19.7 Å². The zero-order valence-electron chi connectivity index (χ0n) is 17.8. The summed E-state index contributed by atoms with van der Waals surface area (Å²) in [5, 5.41) is 3.42. The summed E-state index contributed by atoms with van der Waals surface area (Å²) in [5.74, 6) is 1.25. The van der Waals surface area contributed by atoms with Crippen LogP contribution in [0.3, 0.4) is 0 Å². The molecule has 158 valence electrons. The van der Waals surface area contributed by atoms with Crippen molar-refractivity contribution in [3.05, 3.63) is 65.1 Å². The number of hydrogen-bond donors (Lipinski definition) is 1. The normalized spacial score (nSPS) is 17.2. The van der Waals surface area contributed by atoms with Gasteiger partial charge in [-0.1, -0.05) is 57.0 Å². The van der Waals surface area contributed by atoms with Crippen LogP contribution in [0.1, 0.15) is 52.0 Å². The van der Waals surface area contributed by atoms with Gasteiger partial charge in [0.05, 0.1) is 31.9 Å². The molecule has 0 amide bonds. The van der Waals surface area contributed by atoms with E-state index in [4.69, 9.17) is 14.2 Å². The maximum absolute atomic E-state index is 9.41. The number of nitrogens with one attached hydrogen (secondary N) is 1. The van der Waals surface area contributed by atoms with Crippen LogP contribution in [0.5, 0.6) is 0 Å². The lowest BCUT2D eigenvalue weighted by atomic mass is 10.0. The van der Waals surface area contributed by atoms with Crippen LogP contribution in [0, 0.1) is 0 Å². The molecule has 6 nitrogen and oxygen atoms in total. The molecule has 0 saturated heterocycles. The van der Waals surface area contributed by atoms with E-state index >= 15 is 0 Å². The second-order valence-corrected chi connectivity index (χ2v) is 7.05. The first-order valence-corrected chi connectivity index (χ1v) is 10.5. The molecule has 0 aromatic heterocycles. The first-order chi connectivity index (χ1) is 14.2. The van der Waals surface area contributed by atoms with Gasteiger partial charge in [0.1, 0.15) is 12.0 Å². The fourth-order valence-electron chi connectivity index (χ4n) is 2.83. The highest BCUT2D eigenvalue weighted by molar-refractivity contribution is 6.04. The fourth-order valence-corrected chi connectivity index (χ4v) is 2.83. The van der Waals surface area contributed by atoms with Crippen molar-refractivity contribution in [2.45, 2.75) is 65.3 Å². The molecule has 6 heteroatoms. The molecule has 2 rings (SSSR count). The molecule has 0 spiro atoms. The molecule has 29 heavy (non-hydrogen) atoms. The lowest BCUT2D eigenvalue weighted by Crippen LogP contribution is -2.41. The van der Waals surface area contributed by atoms with Crippen molar-refractivity contribution in [2.24, 2.45) is 0 Å². The molecule has 0 bridgehead atoms. The van der Waals surface area contributed by atoms with Crippen LogP contribution in [0.4, 0.5) is 0 Å². The van der Waals surface area contributed by atoms with Gasteiger partial charge in [0, 0.05) is 0 Å². The van der Waals surface area contributed by atoms with Gasteiger partial charge in [-0.15, -0.1) is 0 Å². The molecule has 0 aliphatic heterocycles. The highest BCUT2D eigenvalue weighted by Crippen LogP contribution is 2.19. The molecule has 0 fully saturated rings. The Morgan fingerprint density at radius 2 is 1.76 bits per heavy atom. The molecule has 2 unspecified atom stereocenters. The Morgan fingerprint density at radius 1 is 1.07 bits per heavy atom. The number of benzene rings is 1. The Hall–Kier alpha value is -2.40. The van der Waals surface area contributed by atoms with Crippen LogP contribution in [0.15, 0.2) is 54.0 Å². The number of hydrogen-bond acceptors (Lipinski definition) is 4. The minimum Gasteiger partial charge on any atom is -0.496 e. The molecule has 1 aliphatic carbocycles. The third-order valence-electron chi connectivity index (χ3n) is 4.54. The lowest BCUT2D eigenvalue weighted by Gasteiger charge is -2.26. The number of nitrogens with zero attached hydrogens (tertiary/aromatic N) is 2. The molecule has 0 radical (unpaired) electrons. The van der Waals surface area contributed by atoms with Crippen LogP contribution >= 0.6 is 0 Å². The van der Waals surface area contributed by atoms with E-state index < -0.39 is 0 Å². The molecule has 0 saturated carbocycles. The maximum atomic E-state index is 9.41. The molecule has 1 N–H and O–H groups in total. The van der Waals surface area contributed by atoms with Gasteiger partial charge in [-0.05, 0) is 31.4 Å². The molecule has 0 heterocycles. The Labute approximate surface area is 174 Å². The van der Waals surface area contributed by atoms with E-state index in [1.54, 1.807) is 6.08 Å². The Balaban J connectivity index is 2.05. The standard InChI is InChI=1S/C23H33N3O3/c1-4-6-13-27-22-16-21(26-24)23(28-14-7-5-2)15-20(22)25-18(3)29-17-19-11-9-8-10-12-19/h8-12,15-16,18,20,25H,4-7,13-14,17H2,1-3H3. The predicted molar refractivity (Wildman–Crippen MR) is 114 cm³/mol. The van der Waals surface area contributed by atoms with Crippen LogP contribution in [0.25, 0.3) is 5.53 Å². The van der Waals surface area contributed by atoms with Crippen molar-refractivity contribution in [1.82, 2.24) is 5.32 Å². The number of unbranched alkanes of at least 4 members (excludes halogenated alkanes) is 2. The minimum atomic E-state index is -0.222. The molecule has 1 aliphatic rings. The van der Waals surface area contributed by atoms with Crippen molar-refractivity contribution >= 4 is 5.71 Å². The molecular weight excluding hydrogens is 366 g/mol. The van der Waals surface area contributed by atoms with Gasteiger partial charge >= 0.3 is 5.71 Å². The summed E-state index contributed by atoms with van der Waals surface area (Å²) in [6.45, 7) is 7.90. The first kappa shape index (κ1) is 22.9. The second kappa shape index (κ2) is 12.9. The van der Waals surface area contributed by atoms with Crippen molar-refractivity contribution in [3.8, 4) is 0 Å². The van der Waals surface area contributed by atoms with E-state index in [0.717, 1.165) is 31.2 Å². The van der Waals surface area contributed by atoms with E-state index in [1.807, 2.05) is 43.3 Å². The predicted octanol–water partition coefficient (Wildman–Crippen LogP) is 4.59. The summed E-state index contributed by atoms with van der Waals surface area (Å²) in [4.78, 5) is 3.38. The number of allylic oxidation sites excluding steroid dienone is 1. The van der Waals surface area contributed by atoms with Gasteiger partial charge in [-0.3, -0.25) is 5.32 Å². The minimum absolute atomic E-state index is 0.209. The summed E-state index contributed by atoms with van der Waals surface area (Å²) in [5.41, 5.74) is 10.9. The SMILES string of the molecule is CCCCOC1=CC(NC(C)OCc2ccccc2)C(OCCCC)=CC1=[N+]=[N-]. The van der Waals surface area contributed by atoms with Crippen molar-refractivity contribution in [1.29, 1.82) is 0 Å². The van der Waals surface area contributed by atoms with Gasteiger partial charge in [-0.25, -0.2) is 0 Å². The highest BCUT2D eigenvalue weighted by atomic mass is 16.5. The number of ether oxygens (including phenoxy) is 3. The van der Waals surface area contributed by atoms with Crippen molar-refractivity contribution in [3.63, 3.8) is 0 Å². The summed E-state index contributed by atoms with van der Waals surface area (Å²) in [6, 6.07) is 9.84. The van der Waals surface area contributed by atoms with E-state index in [0.29, 0.717) is 37.1 Å². The molecule has 2 atom stereocenters. The van der Waals surface area contributed by atoms with Gasteiger partial charge in [0.15, 0.2) is 0 Å². The van der Waals surface area contributed by atoms with Gasteiger partial charge in [0.2, 0.25) is 5.76 Å². The second-order valence-electron chi connectivity index (χ2n) is 7.05. The van der Waals surface area contributed by atoms with E-state index in [-0.39, 0.29) is 12.3 Å². The molecular formula is C23H33N3O3. The van der Waals surface area contributed by atoms with E-state index in [9.17, 15) is 5.53 Å². The highest BCUT2D eigenvalue weighted by Gasteiger charge is 2.29. The van der Waals surface area contributed by atoms with Gasteiger partial charge in [0.25, 0.3) is 0 Å². The summed E-state index contributed by atoms with van der Waals surface area (Å²) in [7, 11) is 0. The van der Waals surface area contributed by atoms with E-state index in [2.05, 4.69) is 24.0 Å². The Kier molecular flexibility index (Phi) is 10.2. The summed E-state index contributed by atoms with van der Waals surface area (Å²) < 4.78 is 17.7. The van der Waals surface area contributed by atoms with Crippen LogP contribution in [-0.2, 0) is 20.8 Å². The number of rotatable bonds is 13. The average Bonchev–Trinajstić information content (AvgIpc) is 2.74. The first-order valence-electron chi connectivity index (χ1n) is 10.5. The maximum Gasteiger partial charge on any atom is 0.359 e. The third-order valence-corrected chi connectivity index (χ3v) is 4.54. The average molecular weight is 400 g/mol. The van der Waals surface area contributed by atoms with Crippen molar-refractivity contribution in [2.75, 3.05) is 13.2 Å². The van der Waals surface area contributed by atoms with Crippen LogP contribution in [-0.4, -0.2) is 36.0 Å². The monoisotopic (exact) mass is 399 g/mol. The fraction of sp³-hybridized carbons (Fsp3) is 0.522. The smallest absolute Gasteiger partial charge is 0.359 e. The largest absolute Gasteiger partial charge is 0.496 e. The summed E-state index contributed by atoms with van der Waals surface area (Å²) >= 11 is 0. The lowest BCUT2D eigenvalue weighted by molar-refractivity contribution is -0.00955. The van der Waals surface area contributed by atoms with Crippen LogP contribution < -0.4 is 5.32 Å². The zero-order valence-corrected chi connectivity index (χ0v) is 17.8. The third kappa shape index (κ3) is 7.86. The van der Waals surface area contributed by atoms with E-state index in [1.165, 1.54) is 0 Å². The Morgan fingerprint density at radius 3 is 2.41 bits per heavy atom. The van der Waals surface area contributed by atoms with Gasteiger partial charge in [-0.2, -0.15) is 4.79 Å². The topological polar surface area (TPSA) is 76.1 Å². The Bertz CT molecular complexity index is 724. The molecule has 1 aromatic carbocycles. The van der Waals surface area contributed by atoms with Crippen molar-refractivity contribution < 1.29 is 19.0 Å². The zero-order chi connectivity index (χ0) is 20.9. The van der Waals surface area contributed by atoms with Crippen LogP contribution in [0.2, 0.25) is 0 Å². The molecule has 1 aromatic rings.